The molecule has 0 aliphatic carbocycles. The zero-order valence-electron chi connectivity index (χ0n) is 18.7. The number of hydrogen-bond acceptors (Lipinski definition) is 4. The van der Waals surface area contributed by atoms with E-state index in [0.29, 0.717) is 31.0 Å². The first-order valence-electron chi connectivity index (χ1n) is 10.6. The van der Waals surface area contributed by atoms with E-state index < -0.39 is 6.04 Å². The molecule has 0 saturated heterocycles. The largest absolute Gasteiger partial charge is 0.337 e. The van der Waals surface area contributed by atoms with E-state index >= 15 is 0 Å². The first-order valence-corrected chi connectivity index (χ1v) is 10.6. The number of carbonyl (C=O) groups excluding carboxylic acids is 3. The normalized spacial score (nSPS) is 11.6. The van der Waals surface area contributed by atoms with Crippen LogP contribution in [0, 0.1) is 0 Å². The molecule has 0 saturated carbocycles. The van der Waals surface area contributed by atoms with Crippen LogP contribution in [0.25, 0.3) is 0 Å². The number of anilines is 2. The zero-order chi connectivity index (χ0) is 22.8. The molecule has 2 rings (SSSR count). The summed E-state index contributed by atoms with van der Waals surface area (Å²) in [6.07, 6.45) is 0. The summed E-state index contributed by atoms with van der Waals surface area (Å²) in [6, 6.07) is 16.4. The molecule has 2 aromatic rings. The molecule has 0 fully saturated rings. The predicted octanol–water partition coefficient (Wildman–Crippen LogP) is 3.34. The molecule has 31 heavy (non-hydrogen) atoms. The lowest BCUT2D eigenvalue weighted by Crippen LogP contribution is -2.49. The maximum Gasteiger partial charge on any atom is 0.239 e. The summed E-state index contributed by atoms with van der Waals surface area (Å²) >= 11 is 0. The molecule has 0 bridgehead atoms. The fraction of sp³-hybridized carbons (Fsp3) is 0.375. The summed E-state index contributed by atoms with van der Waals surface area (Å²) in [7, 11) is 0. The van der Waals surface area contributed by atoms with Gasteiger partial charge in [-0.2, -0.15) is 0 Å². The second kappa shape index (κ2) is 11.9. The van der Waals surface area contributed by atoms with Gasteiger partial charge in [-0.15, -0.1) is 0 Å². The van der Waals surface area contributed by atoms with Gasteiger partial charge in [0.2, 0.25) is 17.7 Å². The molecule has 0 radical (unpaired) electrons. The average Bonchev–Trinajstić information content (AvgIpc) is 2.76. The van der Waals surface area contributed by atoms with Gasteiger partial charge in [-0.1, -0.05) is 37.3 Å². The van der Waals surface area contributed by atoms with Crippen LogP contribution in [0.1, 0.15) is 33.3 Å². The van der Waals surface area contributed by atoms with Crippen LogP contribution >= 0.6 is 0 Å². The van der Waals surface area contributed by atoms with Crippen LogP contribution in [0.5, 0.6) is 0 Å². The summed E-state index contributed by atoms with van der Waals surface area (Å²) in [4.78, 5) is 40.4. The number of hydrogen-bond donors (Lipinski definition) is 2. The van der Waals surface area contributed by atoms with Crippen molar-refractivity contribution >= 4 is 29.1 Å². The summed E-state index contributed by atoms with van der Waals surface area (Å²) < 4.78 is 0. The topological polar surface area (TPSA) is 81.8 Å². The Morgan fingerprint density at radius 2 is 1.45 bits per heavy atom. The third-order valence-corrected chi connectivity index (χ3v) is 5.06. The molecule has 0 aliphatic rings. The van der Waals surface area contributed by atoms with Gasteiger partial charge in [0, 0.05) is 31.4 Å². The fourth-order valence-corrected chi connectivity index (χ4v) is 3.32. The Bertz CT molecular complexity index is 868. The van der Waals surface area contributed by atoms with Crippen LogP contribution in [0.2, 0.25) is 0 Å². The first-order chi connectivity index (χ1) is 14.8. The summed E-state index contributed by atoms with van der Waals surface area (Å²) in [6.45, 7) is 9.01. The SMILES string of the molecule is CCN(Cc1ccccc1)C(=O)[C@H](C)N(CC)CC(=O)Nc1ccc(NC(C)=O)cc1. The number of benzene rings is 2. The molecule has 0 unspecified atom stereocenters. The third kappa shape index (κ3) is 7.53. The van der Waals surface area contributed by atoms with Gasteiger partial charge in [-0.3, -0.25) is 19.3 Å². The van der Waals surface area contributed by atoms with Crippen molar-refractivity contribution < 1.29 is 14.4 Å². The molecule has 7 heteroatoms. The van der Waals surface area contributed by atoms with Crippen molar-refractivity contribution in [3.63, 3.8) is 0 Å². The van der Waals surface area contributed by atoms with E-state index in [-0.39, 0.29) is 24.3 Å². The van der Waals surface area contributed by atoms with Gasteiger partial charge in [0.15, 0.2) is 0 Å². The van der Waals surface area contributed by atoms with E-state index in [1.807, 2.05) is 56.0 Å². The quantitative estimate of drug-likeness (QED) is 0.613. The van der Waals surface area contributed by atoms with Gasteiger partial charge >= 0.3 is 0 Å². The highest BCUT2D eigenvalue weighted by Crippen LogP contribution is 2.14. The Morgan fingerprint density at radius 1 is 0.871 bits per heavy atom. The summed E-state index contributed by atoms with van der Waals surface area (Å²) in [5.41, 5.74) is 2.37. The Morgan fingerprint density at radius 3 is 1.97 bits per heavy atom. The highest BCUT2D eigenvalue weighted by Gasteiger charge is 2.26. The van der Waals surface area contributed by atoms with Gasteiger partial charge in [0.25, 0.3) is 0 Å². The van der Waals surface area contributed by atoms with E-state index in [2.05, 4.69) is 10.6 Å². The molecule has 166 valence electrons. The van der Waals surface area contributed by atoms with Crippen LogP contribution in [0.15, 0.2) is 54.6 Å². The van der Waals surface area contributed by atoms with Gasteiger partial charge in [-0.25, -0.2) is 0 Å². The number of nitrogens with one attached hydrogen (secondary N) is 2. The van der Waals surface area contributed by atoms with Crippen molar-refractivity contribution in [2.45, 2.75) is 40.3 Å². The lowest BCUT2D eigenvalue weighted by molar-refractivity contribution is -0.137. The zero-order valence-corrected chi connectivity index (χ0v) is 18.7. The molecule has 0 heterocycles. The van der Waals surface area contributed by atoms with Crippen LogP contribution in [-0.2, 0) is 20.9 Å². The molecule has 0 aliphatic heterocycles. The number of nitrogens with zero attached hydrogens (tertiary/aromatic N) is 2. The van der Waals surface area contributed by atoms with E-state index in [9.17, 15) is 14.4 Å². The van der Waals surface area contributed by atoms with Gasteiger partial charge in [0.05, 0.1) is 12.6 Å². The Hall–Kier alpha value is -3.19. The smallest absolute Gasteiger partial charge is 0.239 e. The lowest BCUT2D eigenvalue weighted by Gasteiger charge is -2.31. The number of amides is 3. The average molecular weight is 425 g/mol. The van der Waals surface area contributed by atoms with Crippen LogP contribution in [0.4, 0.5) is 11.4 Å². The maximum absolute atomic E-state index is 13.1. The summed E-state index contributed by atoms with van der Waals surface area (Å²) in [5.74, 6) is -0.344. The van der Waals surface area contributed by atoms with Crippen molar-refractivity contribution in [1.29, 1.82) is 0 Å². The van der Waals surface area contributed by atoms with E-state index in [0.717, 1.165) is 5.56 Å². The molecule has 3 amide bonds. The first kappa shape index (κ1) is 24.1. The van der Waals surface area contributed by atoms with Crippen molar-refractivity contribution in [3.8, 4) is 0 Å². The standard InChI is InChI=1S/C24H32N4O3/c1-5-27(17-23(30)26-22-14-12-21(13-15-22)25-19(4)29)18(3)24(31)28(6-2)16-20-10-8-7-9-11-20/h7-15,18H,5-6,16-17H2,1-4H3,(H,25,29)(H,26,30)/t18-/m0/s1. The lowest BCUT2D eigenvalue weighted by atomic mass is 10.1. The molecule has 7 nitrogen and oxygen atoms in total. The fourth-order valence-electron chi connectivity index (χ4n) is 3.32. The van der Waals surface area contributed by atoms with Crippen molar-refractivity contribution in [3.05, 3.63) is 60.2 Å². The Labute approximate surface area is 184 Å². The van der Waals surface area contributed by atoms with Crippen molar-refractivity contribution in [2.24, 2.45) is 0 Å². The maximum atomic E-state index is 13.1. The minimum Gasteiger partial charge on any atom is -0.337 e. The van der Waals surface area contributed by atoms with Crippen molar-refractivity contribution in [1.82, 2.24) is 9.80 Å². The molecule has 0 spiro atoms. The predicted molar refractivity (Wildman–Crippen MR) is 124 cm³/mol. The molecule has 2 N–H and O–H groups in total. The minimum absolute atomic E-state index is 0.000614. The number of rotatable bonds is 10. The second-order valence-electron chi connectivity index (χ2n) is 7.38. The minimum atomic E-state index is -0.415. The number of likely N-dealkylation sites (N-methyl/N-ethyl adjacent to an activating group) is 2. The molecule has 0 aromatic heterocycles. The second-order valence-corrected chi connectivity index (χ2v) is 7.38. The monoisotopic (exact) mass is 424 g/mol. The molecule has 1 atom stereocenters. The van der Waals surface area contributed by atoms with Crippen LogP contribution in [0.3, 0.4) is 0 Å². The van der Waals surface area contributed by atoms with Crippen LogP contribution < -0.4 is 10.6 Å². The van der Waals surface area contributed by atoms with E-state index in [1.165, 1.54) is 6.92 Å². The molecular weight excluding hydrogens is 392 g/mol. The highest BCUT2D eigenvalue weighted by atomic mass is 16.2. The summed E-state index contributed by atoms with van der Waals surface area (Å²) in [5, 5.41) is 5.53. The number of carbonyl (C=O) groups is 3. The van der Waals surface area contributed by atoms with Crippen molar-refractivity contribution in [2.75, 3.05) is 30.3 Å². The highest BCUT2D eigenvalue weighted by molar-refractivity contribution is 5.93. The molecule has 2 aromatic carbocycles. The van der Waals surface area contributed by atoms with Gasteiger partial charge < -0.3 is 15.5 Å². The Kier molecular flexibility index (Phi) is 9.21. The van der Waals surface area contributed by atoms with Crippen LogP contribution in [-0.4, -0.2) is 53.2 Å². The van der Waals surface area contributed by atoms with E-state index in [1.54, 1.807) is 29.2 Å². The van der Waals surface area contributed by atoms with Gasteiger partial charge in [0.1, 0.15) is 0 Å². The Balaban J connectivity index is 1.95. The van der Waals surface area contributed by atoms with E-state index in [4.69, 9.17) is 0 Å². The molecular formula is C24H32N4O3. The van der Waals surface area contributed by atoms with Gasteiger partial charge in [-0.05, 0) is 50.2 Å². The third-order valence-electron chi connectivity index (χ3n) is 5.06.